The second-order valence-electron chi connectivity index (χ2n) is 3.84. The molecule has 0 spiro atoms. The number of carbonyl (C=O) groups is 1. The molecular weight excluding hydrogens is 240 g/mol. The van der Waals surface area contributed by atoms with Gasteiger partial charge in [0.2, 0.25) is 0 Å². The van der Waals surface area contributed by atoms with E-state index in [1.807, 2.05) is 0 Å². The van der Waals surface area contributed by atoms with E-state index in [1.54, 1.807) is 48.5 Å². The lowest BCUT2D eigenvalue weighted by molar-refractivity contribution is 0.0600. The van der Waals surface area contributed by atoms with Crippen molar-refractivity contribution in [2.75, 3.05) is 7.11 Å². The van der Waals surface area contributed by atoms with Gasteiger partial charge in [0.1, 0.15) is 5.75 Å². The Morgan fingerprint density at radius 3 is 2.63 bits per heavy atom. The number of methoxy groups -OCH3 is 1. The molecule has 94 valence electrons. The van der Waals surface area contributed by atoms with Gasteiger partial charge in [-0.05, 0) is 30.3 Å². The number of hydrogen-bond donors (Lipinski definition) is 1. The molecule has 0 aliphatic heterocycles. The molecule has 0 aliphatic carbocycles. The number of ether oxygens (including phenoxy) is 1. The van der Waals surface area contributed by atoms with Crippen molar-refractivity contribution in [2.45, 2.75) is 0 Å². The van der Waals surface area contributed by atoms with Crippen LogP contribution < -0.4 is 0 Å². The van der Waals surface area contributed by atoms with Crippen molar-refractivity contribution >= 4 is 5.97 Å². The first-order valence-electron chi connectivity index (χ1n) is 5.69. The molecule has 1 N–H and O–H groups in total. The lowest BCUT2D eigenvalue weighted by Gasteiger charge is -2.01. The number of carbonyl (C=O) groups excluding carboxylic acids is 1. The smallest absolute Gasteiger partial charge is 0.339 e. The van der Waals surface area contributed by atoms with Gasteiger partial charge in [0.25, 0.3) is 0 Å². The summed E-state index contributed by atoms with van der Waals surface area (Å²) in [4.78, 5) is 11.6. The van der Waals surface area contributed by atoms with Crippen LogP contribution in [0.5, 0.6) is 5.75 Å². The first-order chi connectivity index (χ1) is 9.20. The van der Waals surface area contributed by atoms with Crippen LogP contribution in [0.15, 0.2) is 48.5 Å². The van der Waals surface area contributed by atoms with E-state index in [2.05, 4.69) is 11.8 Å². The highest BCUT2D eigenvalue weighted by molar-refractivity contribution is 5.92. The molecule has 2 aromatic carbocycles. The van der Waals surface area contributed by atoms with Crippen LogP contribution in [0, 0.1) is 11.8 Å². The van der Waals surface area contributed by atoms with Gasteiger partial charge in [-0.15, -0.1) is 0 Å². The number of phenolic OH excluding ortho intramolecular Hbond substituents is 1. The van der Waals surface area contributed by atoms with Crippen molar-refractivity contribution in [3.63, 3.8) is 0 Å². The maximum absolute atomic E-state index is 11.6. The van der Waals surface area contributed by atoms with Gasteiger partial charge >= 0.3 is 5.97 Å². The minimum absolute atomic E-state index is 0.160. The summed E-state index contributed by atoms with van der Waals surface area (Å²) in [6.07, 6.45) is 0. The number of benzene rings is 2. The van der Waals surface area contributed by atoms with Crippen molar-refractivity contribution in [1.29, 1.82) is 0 Å². The summed E-state index contributed by atoms with van der Waals surface area (Å²) in [7, 11) is 1.34. The molecule has 0 unspecified atom stereocenters. The van der Waals surface area contributed by atoms with Crippen LogP contribution in [0.4, 0.5) is 0 Å². The van der Waals surface area contributed by atoms with Gasteiger partial charge in [0.05, 0.1) is 12.7 Å². The lowest BCUT2D eigenvalue weighted by Crippen LogP contribution is -2.03. The highest BCUT2D eigenvalue weighted by Gasteiger charge is 2.08. The summed E-state index contributed by atoms with van der Waals surface area (Å²) in [5.74, 6) is 5.56. The number of rotatable bonds is 1. The normalized spacial score (nSPS) is 9.32. The van der Waals surface area contributed by atoms with E-state index in [4.69, 9.17) is 4.74 Å². The Morgan fingerprint density at radius 2 is 1.89 bits per heavy atom. The third kappa shape index (κ3) is 3.14. The summed E-state index contributed by atoms with van der Waals surface area (Å²) in [5.41, 5.74) is 1.70. The zero-order chi connectivity index (χ0) is 13.7. The summed E-state index contributed by atoms with van der Waals surface area (Å²) < 4.78 is 4.70. The van der Waals surface area contributed by atoms with Gasteiger partial charge in [0.15, 0.2) is 0 Å². The number of hydrogen-bond acceptors (Lipinski definition) is 3. The van der Waals surface area contributed by atoms with Crippen LogP contribution in [-0.4, -0.2) is 18.2 Å². The number of esters is 1. The van der Waals surface area contributed by atoms with Crippen LogP contribution in [-0.2, 0) is 4.74 Å². The molecule has 0 aliphatic rings. The molecule has 0 amide bonds. The van der Waals surface area contributed by atoms with Gasteiger partial charge in [0, 0.05) is 11.1 Å². The standard InChI is InChI=1S/C16H12O3/c1-19-16(18)15-8-3-2-6-13(15)10-9-12-5-4-7-14(17)11-12/h2-8,11,17H,1H3. The van der Waals surface area contributed by atoms with Crippen LogP contribution in [0.25, 0.3) is 0 Å². The van der Waals surface area contributed by atoms with Crippen LogP contribution in [0.1, 0.15) is 21.5 Å². The highest BCUT2D eigenvalue weighted by Crippen LogP contribution is 2.11. The lowest BCUT2D eigenvalue weighted by atomic mass is 10.1. The molecule has 0 aromatic heterocycles. The van der Waals surface area contributed by atoms with Gasteiger partial charge in [-0.2, -0.15) is 0 Å². The van der Waals surface area contributed by atoms with E-state index in [9.17, 15) is 9.90 Å². The van der Waals surface area contributed by atoms with Gasteiger partial charge in [-0.3, -0.25) is 0 Å². The Balaban J connectivity index is 2.37. The van der Waals surface area contributed by atoms with Crippen LogP contribution in [0.3, 0.4) is 0 Å². The molecule has 0 fully saturated rings. The fourth-order valence-corrected chi connectivity index (χ4v) is 1.60. The molecule has 0 saturated carbocycles. The summed E-state index contributed by atoms with van der Waals surface area (Å²) in [6.45, 7) is 0. The van der Waals surface area contributed by atoms with Crippen LogP contribution >= 0.6 is 0 Å². The quantitative estimate of drug-likeness (QED) is 0.626. The van der Waals surface area contributed by atoms with Gasteiger partial charge in [-0.25, -0.2) is 4.79 Å². The maximum Gasteiger partial charge on any atom is 0.339 e. The Hall–Kier alpha value is -2.73. The van der Waals surface area contributed by atoms with Gasteiger partial charge in [-0.1, -0.05) is 30.0 Å². The summed E-state index contributed by atoms with van der Waals surface area (Å²) >= 11 is 0. The van der Waals surface area contributed by atoms with Crippen molar-refractivity contribution in [1.82, 2.24) is 0 Å². The highest BCUT2D eigenvalue weighted by atomic mass is 16.5. The minimum Gasteiger partial charge on any atom is -0.508 e. The van der Waals surface area contributed by atoms with E-state index in [0.717, 1.165) is 0 Å². The molecule has 0 atom stereocenters. The van der Waals surface area contributed by atoms with Crippen molar-refractivity contribution in [2.24, 2.45) is 0 Å². The summed E-state index contributed by atoms with van der Waals surface area (Å²) in [5, 5.41) is 9.35. The van der Waals surface area contributed by atoms with Crippen molar-refractivity contribution in [3.8, 4) is 17.6 Å². The first-order valence-corrected chi connectivity index (χ1v) is 5.69. The minimum atomic E-state index is -0.416. The third-order valence-corrected chi connectivity index (χ3v) is 2.52. The third-order valence-electron chi connectivity index (χ3n) is 2.52. The Bertz CT molecular complexity index is 663. The largest absolute Gasteiger partial charge is 0.508 e. The van der Waals surface area contributed by atoms with Crippen molar-refractivity contribution < 1.29 is 14.6 Å². The monoisotopic (exact) mass is 252 g/mol. The fraction of sp³-hybridized carbons (Fsp3) is 0.0625. The fourth-order valence-electron chi connectivity index (χ4n) is 1.60. The number of aromatic hydroxyl groups is 1. The molecule has 19 heavy (non-hydrogen) atoms. The molecule has 3 heteroatoms. The van der Waals surface area contributed by atoms with E-state index in [-0.39, 0.29) is 5.75 Å². The number of phenols is 1. The molecule has 3 nitrogen and oxygen atoms in total. The summed E-state index contributed by atoms with van der Waals surface area (Å²) in [6, 6.07) is 13.6. The van der Waals surface area contributed by atoms with Crippen molar-refractivity contribution in [3.05, 3.63) is 65.2 Å². The second kappa shape index (κ2) is 5.74. The zero-order valence-corrected chi connectivity index (χ0v) is 10.4. The predicted octanol–water partition coefficient (Wildman–Crippen LogP) is 2.58. The van der Waals surface area contributed by atoms with Crippen LogP contribution in [0.2, 0.25) is 0 Å². The molecule has 0 saturated heterocycles. The predicted molar refractivity (Wildman–Crippen MR) is 71.9 cm³/mol. The molecule has 0 heterocycles. The maximum atomic E-state index is 11.6. The Labute approximate surface area is 111 Å². The van der Waals surface area contributed by atoms with E-state index >= 15 is 0 Å². The van der Waals surface area contributed by atoms with E-state index < -0.39 is 5.97 Å². The zero-order valence-electron chi connectivity index (χ0n) is 10.4. The van der Waals surface area contributed by atoms with E-state index in [1.165, 1.54) is 7.11 Å². The molecule has 0 bridgehead atoms. The molecule has 0 radical (unpaired) electrons. The molecule has 2 aromatic rings. The SMILES string of the molecule is COC(=O)c1ccccc1C#Cc1cccc(O)c1. The Morgan fingerprint density at radius 1 is 1.11 bits per heavy atom. The van der Waals surface area contributed by atoms with Gasteiger partial charge < -0.3 is 9.84 Å². The van der Waals surface area contributed by atoms with E-state index in [0.29, 0.717) is 16.7 Å². The average molecular weight is 252 g/mol. The second-order valence-corrected chi connectivity index (χ2v) is 3.84. The topological polar surface area (TPSA) is 46.5 Å². The first kappa shape index (κ1) is 12.7. The molecular formula is C16H12O3. The molecule has 2 rings (SSSR count). The average Bonchev–Trinajstić information content (AvgIpc) is 2.45. The Kier molecular flexibility index (Phi) is 3.84.